The van der Waals surface area contributed by atoms with Gasteiger partial charge in [-0.05, 0) is 37.3 Å². The van der Waals surface area contributed by atoms with Gasteiger partial charge in [-0.3, -0.25) is 4.79 Å². The van der Waals surface area contributed by atoms with Gasteiger partial charge in [-0.25, -0.2) is 14.2 Å². The first-order valence-corrected chi connectivity index (χ1v) is 10.1. The summed E-state index contributed by atoms with van der Waals surface area (Å²) in [5.74, 6) is -2.03. The Hall–Kier alpha value is -3.77. The number of esters is 1. The second kappa shape index (κ2) is 8.77. The molecule has 0 atom stereocenters. The van der Waals surface area contributed by atoms with Crippen LogP contribution in [0.2, 0.25) is 5.02 Å². The first-order valence-electron chi connectivity index (χ1n) is 9.73. The third-order valence-electron chi connectivity index (χ3n) is 4.99. The van der Waals surface area contributed by atoms with Crippen LogP contribution in [0.15, 0.2) is 66.7 Å². The summed E-state index contributed by atoms with van der Waals surface area (Å²) in [6, 6.07) is 18.5. The smallest absolute Gasteiger partial charge is 0.337 e. The van der Waals surface area contributed by atoms with Gasteiger partial charge in [-0.15, -0.1) is 0 Å². The van der Waals surface area contributed by atoms with Crippen molar-refractivity contribution in [2.24, 2.45) is 0 Å². The summed E-state index contributed by atoms with van der Waals surface area (Å²) < 4.78 is 19.2. The van der Waals surface area contributed by atoms with Gasteiger partial charge in [-0.2, -0.15) is 0 Å². The maximum Gasteiger partial charge on any atom is 0.337 e. The average molecular weight is 449 g/mol. The van der Waals surface area contributed by atoms with Crippen LogP contribution in [0.25, 0.3) is 22.2 Å². The molecular formula is C25H18ClFN2O3. The first kappa shape index (κ1) is 21.5. The van der Waals surface area contributed by atoms with Crippen LogP contribution in [0, 0.1) is 12.7 Å². The third kappa shape index (κ3) is 4.05. The number of aryl methyl sites for hydroxylation is 1. The number of rotatable bonds is 4. The van der Waals surface area contributed by atoms with Crippen LogP contribution in [0.4, 0.5) is 10.1 Å². The lowest BCUT2D eigenvalue weighted by Crippen LogP contribution is -2.15. The Morgan fingerprint density at radius 2 is 1.78 bits per heavy atom. The van der Waals surface area contributed by atoms with E-state index in [0.717, 1.165) is 17.2 Å². The molecule has 1 heterocycles. The van der Waals surface area contributed by atoms with Crippen LogP contribution in [0.3, 0.4) is 0 Å². The molecule has 4 rings (SSSR count). The number of halogens is 2. The number of nitrogens with zero attached hydrogens (tertiary/aromatic N) is 1. The largest absolute Gasteiger partial charge is 0.465 e. The Bertz CT molecular complexity index is 1360. The Morgan fingerprint density at radius 3 is 2.47 bits per heavy atom. The third-order valence-corrected chi connectivity index (χ3v) is 5.36. The molecule has 0 aliphatic carbocycles. The molecule has 0 radical (unpaired) electrons. The van der Waals surface area contributed by atoms with E-state index < -0.39 is 17.7 Å². The molecule has 0 aliphatic heterocycles. The van der Waals surface area contributed by atoms with E-state index in [-0.39, 0.29) is 21.8 Å². The summed E-state index contributed by atoms with van der Waals surface area (Å²) in [5.41, 5.74) is 2.86. The molecule has 0 spiro atoms. The fraction of sp³-hybridized carbons (Fsp3) is 0.0800. The number of ether oxygens (including phenoxy) is 1. The molecule has 0 aliphatic rings. The minimum atomic E-state index is -0.768. The molecule has 3 aromatic carbocycles. The Balaban J connectivity index is 1.82. The Labute approximate surface area is 188 Å². The van der Waals surface area contributed by atoms with E-state index in [1.54, 1.807) is 0 Å². The number of amides is 1. The molecule has 7 heteroatoms. The van der Waals surface area contributed by atoms with E-state index in [2.05, 4.69) is 15.0 Å². The minimum Gasteiger partial charge on any atom is -0.465 e. The maximum absolute atomic E-state index is 14.6. The zero-order chi connectivity index (χ0) is 22.8. The van der Waals surface area contributed by atoms with Crippen molar-refractivity contribution in [1.82, 2.24) is 4.98 Å². The Kier molecular flexibility index (Phi) is 5.88. The van der Waals surface area contributed by atoms with Crippen LogP contribution in [0.5, 0.6) is 0 Å². The molecule has 0 saturated heterocycles. The van der Waals surface area contributed by atoms with Gasteiger partial charge in [0.2, 0.25) is 0 Å². The number of hydrogen-bond acceptors (Lipinski definition) is 4. The number of aromatic nitrogens is 1. The predicted molar refractivity (Wildman–Crippen MR) is 123 cm³/mol. The molecular weight excluding hydrogens is 431 g/mol. The van der Waals surface area contributed by atoms with Gasteiger partial charge in [0, 0.05) is 10.9 Å². The lowest BCUT2D eigenvalue weighted by atomic mass is 10.0. The summed E-state index contributed by atoms with van der Waals surface area (Å²) in [4.78, 5) is 29.6. The van der Waals surface area contributed by atoms with Crippen molar-refractivity contribution in [2.45, 2.75) is 6.92 Å². The summed E-state index contributed by atoms with van der Waals surface area (Å²) in [6.45, 7) is 1.89. The molecule has 0 saturated carbocycles. The van der Waals surface area contributed by atoms with Crippen molar-refractivity contribution >= 4 is 40.1 Å². The molecule has 160 valence electrons. The van der Waals surface area contributed by atoms with Crippen LogP contribution in [0.1, 0.15) is 26.3 Å². The molecule has 0 bridgehead atoms. The lowest BCUT2D eigenvalue weighted by Gasteiger charge is -2.14. The van der Waals surface area contributed by atoms with Crippen LogP contribution in [-0.4, -0.2) is 24.0 Å². The molecule has 1 N–H and O–H groups in total. The van der Waals surface area contributed by atoms with Gasteiger partial charge < -0.3 is 10.1 Å². The number of hydrogen-bond donors (Lipinski definition) is 1. The molecule has 32 heavy (non-hydrogen) atoms. The van der Waals surface area contributed by atoms with Crippen molar-refractivity contribution in [3.63, 3.8) is 0 Å². The number of anilines is 1. The van der Waals surface area contributed by atoms with Gasteiger partial charge >= 0.3 is 5.97 Å². The molecule has 0 fully saturated rings. The normalized spacial score (nSPS) is 10.8. The van der Waals surface area contributed by atoms with Crippen molar-refractivity contribution in [2.75, 3.05) is 12.4 Å². The second-order valence-electron chi connectivity index (χ2n) is 7.18. The van der Waals surface area contributed by atoms with Gasteiger partial charge in [0.05, 0.1) is 40.2 Å². The van der Waals surface area contributed by atoms with Crippen molar-refractivity contribution in [3.8, 4) is 11.3 Å². The molecule has 0 unspecified atom stereocenters. The zero-order valence-corrected chi connectivity index (χ0v) is 18.0. The van der Waals surface area contributed by atoms with Gasteiger partial charge in [-0.1, -0.05) is 53.6 Å². The highest BCUT2D eigenvalue weighted by atomic mass is 35.5. The predicted octanol–water partition coefficient (Wildman–Crippen LogP) is 6.04. The summed E-state index contributed by atoms with van der Waals surface area (Å²) in [5, 5.41) is 3.28. The fourth-order valence-electron chi connectivity index (χ4n) is 3.41. The van der Waals surface area contributed by atoms with Crippen molar-refractivity contribution in [3.05, 3.63) is 94.3 Å². The van der Waals surface area contributed by atoms with Crippen molar-refractivity contribution in [1.29, 1.82) is 0 Å². The number of fused-ring (bicyclic) bond motifs is 1. The standard InChI is InChI=1S/C25H18ClFN2O3/c1-14-8-10-19-17(12-14)21(22(26)23(28-19)15-6-4-3-5-7-15)24(30)29-20-11-9-16(13-18(20)27)25(31)32-2/h3-13H,1-2H3,(H,29,30). The van der Waals surface area contributed by atoms with E-state index in [0.29, 0.717) is 16.6 Å². The topological polar surface area (TPSA) is 68.3 Å². The first-order chi connectivity index (χ1) is 15.4. The number of carbonyl (C=O) groups excluding carboxylic acids is 2. The van der Waals surface area contributed by atoms with Crippen molar-refractivity contribution < 1.29 is 18.7 Å². The van der Waals surface area contributed by atoms with Crippen LogP contribution < -0.4 is 5.32 Å². The highest BCUT2D eigenvalue weighted by Gasteiger charge is 2.22. The lowest BCUT2D eigenvalue weighted by molar-refractivity contribution is 0.0600. The molecule has 5 nitrogen and oxygen atoms in total. The number of pyridine rings is 1. The number of carbonyl (C=O) groups is 2. The Morgan fingerprint density at radius 1 is 1.03 bits per heavy atom. The monoisotopic (exact) mass is 448 g/mol. The summed E-state index contributed by atoms with van der Waals surface area (Å²) in [7, 11) is 1.21. The highest BCUT2D eigenvalue weighted by Crippen LogP contribution is 2.35. The number of nitrogens with one attached hydrogen (secondary N) is 1. The van der Waals surface area contributed by atoms with Crippen LogP contribution >= 0.6 is 11.6 Å². The number of benzene rings is 3. The summed E-state index contributed by atoms with van der Waals surface area (Å²) in [6.07, 6.45) is 0. The van der Waals surface area contributed by atoms with E-state index in [1.165, 1.54) is 19.2 Å². The second-order valence-corrected chi connectivity index (χ2v) is 7.55. The fourth-order valence-corrected chi connectivity index (χ4v) is 3.75. The highest BCUT2D eigenvalue weighted by molar-refractivity contribution is 6.38. The molecule has 4 aromatic rings. The maximum atomic E-state index is 14.6. The van der Waals surface area contributed by atoms with Crippen LogP contribution in [-0.2, 0) is 4.74 Å². The SMILES string of the molecule is COC(=O)c1ccc(NC(=O)c2c(Cl)c(-c3ccccc3)nc3ccc(C)cc23)c(F)c1. The van der Waals surface area contributed by atoms with Gasteiger partial charge in [0.1, 0.15) is 5.82 Å². The van der Waals surface area contributed by atoms with Gasteiger partial charge in [0.15, 0.2) is 0 Å². The average Bonchev–Trinajstić information content (AvgIpc) is 2.80. The van der Waals surface area contributed by atoms with E-state index in [1.807, 2.05) is 55.5 Å². The van der Waals surface area contributed by atoms with Gasteiger partial charge in [0.25, 0.3) is 5.91 Å². The summed E-state index contributed by atoms with van der Waals surface area (Å²) >= 11 is 6.68. The minimum absolute atomic E-state index is 0.0392. The quantitative estimate of drug-likeness (QED) is 0.386. The van der Waals surface area contributed by atoms with E-state index in [4.69, 9.17) is 11.6 Å². The zero-order valence-electron chi connectivity index (χ0n) is 17.3. The molecule has 1 amide bonds. The van der Waals surface area contributed by atoms with E-state index >= 15 is 0 Å². The molecule has 1 aromatic heterocycles. The number of methoxy groups -OCH3 is 1. The van der Waals surface area contributed by atoms with E-state index in [9.17, 15) is 14.0 Å².